The molecule has 0 bridgehead atoms. The summed E-state index contributed by atoms with van der Waals surface area (Å²) in [6.45, 7) is 4.16. The second-order valence-corrected chi connectivity index (χ2v) is 18.3. The first-order valence-corrected chi connectivity index (χ1v) is 22.7. The maximum atomic E-state index is 13.1. The molecular formula is C39H51Cl2N3O10S2. The minimum Gasteiger partial charge on any atom is -0.379 e. The number of hydrogen-bond donors (Lipinski definition) is 2. The number of benzene rings is 3. The number of Topliss-reactive ketones (excluding diaryl/α,β-unsaturated/α-hetero) is 1. The van der Waals surface area contributed by atoms with Gasteiger partial charge in [-0.05, 0) is 73.0 Å². The van der Waals surface area contributed by atoms with E-state index < -0.39 is 19.9 Å². The van der Waals surface area contributed by atoms with Gasteiger partial charge in [-0.1, -0.05) is 47.5 Å². The van der Waals surface area contributed by atoms with Gasteiger partial charge in [-0.3, -0.25) is 9.59 Å². The zero-order valence-electron chi connectivity index (χ0n) is 31.8. The van der Waals surface area contributed by atoms with Crippen molar-refractivity contribution in [3.63, 3.8) is 0 Å². The Morgan fingerprint density at radius 2 is 1.41 bits per heavy atom. The van der Waals surface area contributed by atoms with Crippen molar-refractivity contribution in [2.75, 3.05) is 91.5 Å². The Kier molecular flexibility index (Phi) is 18.7. The quantitative estimate of drug-likeness (QED) is 0.0893. The molecule has 1 amide bonds. The van der Waals surface area contributed by atoms with Crippen LogP contribution >= 0.6 is 23.2 Å². The molecule has 13 nitrogen and oxygen atoms in total. The Hall–Kier alpha value is -2.96. The predicted octanol–water partition coefficient (Wildman–Crippen LogP) is 4.74. The lowest BCUT2D eigenvalue weighted by Gasteiger charge is -2.33. The number of sulfone groups is 1. The summed E-state index contributed by atoms with van der Waals surface area (Å²) in [6.07, 6.45) is 2.41. The Balaban J connectivity index is 1.04. The van der Waals surface area contributed by atoms with E-state index >= 15 is 0 Å². The van der Waals surface area contributed by atoms with Gasteiger partial charge in [-0.15, -0.1) is 0 Å². The van der Waals surface area contributed by atoms with Crippen LogP contribution in [0.5, 0.6) is 0 Å². The smallest absolute Gasteiger partial charge is 0.251 e. The number of nitrogens with one attached hydrogen (secondary N) is 2. The summed E-state index contributed by atoms with van der Waals surface area (Å²) >= 11 is 12.8. The van der Waals surface area contributed by atoms with Crippen molar-refractivity contribution in [2.24, 2.45) is 0 Å². The van der Waals surface area contributed by atoms with Crippen molar-refractivity contribution in [3.05, 3.63) is 98.5 Å². The summed E-state index contributed by atoms with van der Waals surface area (Å²) in [6, 6.07) is 17.0. The third-order valence-corrected chi connectivity index (χ3v) is 11.9. The number of halogens is 2. The molecule has 3 aromatic carbocycles. The molecule has 2 N–H and O–H groups in total. The van der Waals surface area contributed by atoms with E-state index in [4.69, 9.17) is 42.1 Å². The van der Waals surface area contributed by atoms with E-state index in [9.17, 15) is 26.4 Å². The van der Waals surface area contributed by atoms with Crippen LogP contribution in [-0.4, -0.2) is 125 Å². The van der Waals surface area contributed by atoms with Crippen molar-refractivity contribution in [1.82, 2.24) is 14.9 Å². The van der Waals surface area contributed by atoms with E-state index in [0.29, 0.717) is 93.3 Å². The summed E-state index contributed by atoms with van der Waals surface area (Å²) in [5, 5.41) is 3.90. The minimum atomic E-state index is -3.78. The maximum absolute atomic E-state index is 13.1. The number of hydrogen-bond acceptors (Lipinski definition) is 11. The highest BCUT2D eigenvalue weighted by Gasteiger charge is 2.28. The maximum Gasteiger partial charge on any atom is 0.251 e. The molecule has 17 heteroatoms. The number of ketones is 1. The molecule has 0 radical (unpaired) electrons. The second kappa shape index (κ2) is 22.8. The van der Waals surface area contributed by atoms with Crippen LogP contribution in [0.1, 0.15) is 62.6 Å². The Bertz CT molecular complexity index is 1970. The molecule has 1 heterocycles. The van der Waals surface area contributed by atoms with Gasteiger partial charge in [0.15, 0.2) is 5.78 Å². The molecule has 0 spiro atoms. The Labute approximate surface area is 340 Å². The average molecular weight is 857 g/mol. The number of likely N-dealkylation sites (N-methyl/N-ethyl adjacent to an activating group) is 1. The zero-order valence-corrected chi connectivity index (χ0v) is 34.9. The van der Waals surface area contributed by atoms with Crippen molar-refractivity contribution in [3.8, 4) is 0 Å². The van der Waals surface area contributed by atoms with Crippen LogP contribution in [0.15, 0.2) is 65.6 Å². The van der Waals surface area contributed by atoms with Gasteiger partial charge in [-0.25, -0.2) is 21.6 Å². The van der Waals surface area contributed by atoms with Crippen LogP contribution < -0.4 is 10.0 Å². The molecule has 4 rings (SSSR count). The highest BCUT2D eigenvalue weighted by atomic mass is 35.5. The van der Waals surface area contributed by atoms with Gasteiger partial charge in [0.1, 0.15) is 9.84 Å². The van der Waals surface area contributed by atoms with E-state index in [1.165, 1.54) is 6.26 Å². The summed E-state index contributed by atoms with van der Waals surface area (Å²) in [5.74, 6) is -0.347. The fraction of sp³-hybridized carbons (Fsp3) is 0.487. The molecule has 1 aliphatic rings. The lowest BCUT2D eigenvalue weighted by atomic mass is 9.85. The lowest BCUT2D eigenvalue weighted by molar-refractivity contribution is 0.0481. The Morgan fingerprint density at radius 3 is 2.09 bits per heavy atom. The van der Waals surface area contributed by atoms with Gasteiger partial charge in [0.05, 0.1) is 50.3 Å². The zero-order chi connectivity index (χ0) is 40.6. The van der Waals surface area contributed by atoms with Crippen LogP contribution in [-0.2, 0) is 45.4 Å². The lowest BCUT2D eigenvalue weighted by Crippen LogP contribution is -2.31. The summed E-state index contributed by atoms with van der Waals surface area (Å²) in [4.78, 5) is 27.3. The van der Waals surface area contributed by atoms with Gasteiger partial charge in [0.25, 0.3) is 5.91 Å². The molecule has 1 atom stereocenters. The molecular weight excluding hydrogens is 805 g/mol. The number of ether oxygens (including phenoxy) is 4. The standard InChI is InChI=1S/C39H51Cl2N3O10S2/c1-44-27-35(34-25-32(40)26-37(41)36(34)28-44)31-6-3-7-33(24-31)56(49,50)43-14-18-54-22-19-51-15-4-8-38(45)29-9-11-30(12-10-29)39(46)42-13-17-53-21-20-52-16-5-23-55(2,47)48/h3,6-7,9-12,24-26,35,43H,4-5,8,13-23,27-28H2,1-2H3,(H,42,46). The van der Waals surface area contributed by atoms with Crippen LogP contribution in [0.2, 0.25) is 10.0 Å². The van der Waals surface area contributed by atoms with Gasteiger partial charge in [-0.2, -0.15) is 0 Å². The van der Waals surface area contributed by atoms with E-state index in [2.05, 4.69) is 14.9 Å². The summed E-state index contributed by atoms with van der Waals surface area (Å²) in [5.41, 5.74) is 3.77. The van der Waals surface area contributed by atoms with E-state index in [-0.39, 0.29) is 54.4 Å². The number of carbonyl (C=O) groups is 2. The topological polar surface area (TPSA) is 167 Å². The van der Waals surface area contributed by atoms with Crippen LogP contribution in [0.4, 0.5) is 0 Å². The average Bonchev–Trinajstić information content (AvgIpc) is 3.15. The SMILES string of the molecule is CN1Cc2c(Cl)cc(Cl)cc2C(c2cccc(S(=O)(=O)NCCOCCOCCCC(=O)c3ccc(C(=O)NCCOCCOCCCS(C)(=O)=O)cc3)c2)C1. The molecule has 3 aromatic rings. The minimum absolute atomic E-state index is 0.0637. The molecule has 0 aliphatic carbocycles. The first-order valence-electron chi connectivity index (χ1n) is 18.4. The van der Waals surface area contributed by atoms with E-state index in [1.807, 2.05) is 19.2 Å². The number of rotatable bonds is 25. The van der Waals surface area contributed by atoms with Crippen molar-refractivity contribution in [1.29, 1.82) is 0 Å². The predicted molar refractivity (Wildman–Crippen MR) is 216 cm³/mol. The van der Waals surface area contributed by atoms with Gasteiger partial charge >= 0.3 is 0 Å². The number of nitrogens with zero attached hydrogens (tertiary/aromatic N) is 1. The van der Waals surface area contributed by atoms with Gasteiger partial charge in [0, 0.05) is 79.2 Å². The summed E-state index contributed by atoms with van der Waals surface area (Å²) < 4.78 is 72.8. The molecule has 0 saturated carbocycles. The molecule has 56 heavy (non-hydrogen) atoms. The third-order valence-electron chi connectivity index (χ3n) is 8.84. The normalized spacial score (nSPS) is 14.8. The van der Waals surface area contributed by atoms with Gasteiger partial charge < -0.3 is 29.2 Å². The molecule has 1 unspecified atom stereocenters. The fourth-order valence-corrected chi connectivity index (χ4v) is 8.33. The molecule has 308 valence electrons. The van der Waals surface area contributed by atoms with E-state index in [0.717, 1.165) is 16.7 Å². The Morgan fingerprint density at radius 1 is 0.786 bits per heavy atom. The summed E-state index contributed by atoms with van der Waals surface area (Å²) in [7, 11) is -4.77. The first kappa shape index (κ1) is 45.7. The molecule has 0 saturated heterocycles. The molecule has 0 aromatic heterocycles. The molecule has 0 fully saturated rings. The monoisotopic (exact) mass is 855 g/mol. The van der Waals surface area contributed by atoms with Crippen molar-refractivity contribution >= 4 is 54.8 Å². The highest BCUT2D eigenvalue weighted by Crippen LogP contribution is 2.38. The largest absolute Gasteiger partial charge is 0.379 e. The highest BCUT2D eigenvalue weighted by molar-refractivity contribution is 7.90. The van der Waals surface area contributed by atoms with Gasteiger partial charge in [0.2, 0.25) is 10.0 Å². The second-order valence-electron chi connectivity index (χ2n) is 13.5. The molecule has 1 aliphatic heterocycles. The number of fused-ring (bicyclic) bond motifs is 1. The van der Waals surface area contributed by atoms with Crippen LogP contribution in [0, 0.1) is 0 Å². The van der Waals surface area contributed by atoms with E-state index in [1.54, 1.807) is 48.5 Å². The van der Waals surface area contributed by atoms with Crippen LogP contribution in [0.3, 0.4) is 0 Å². The van der Waals surface area contributed by atoms with Crippen molar-refractivity contribution in [2.45, 2.75) is 36.6 Å². The van der Waals surface area contributed by atoms with Crippen LogP contribution in [0.25, 0.3) is 0 Å². The number of amides is 1. The number of sulfonamides is 1. The number of carbonyl (C=O) groups excluding carboxylic acids is 2. The fourth-order valence-electron chi connectivity index (χ4n) is 6.05. The first-order chi connectivity index (χ1) is 26.7. The third kappa shape index (κ3) is 15.4. The van der Waals surface area contributed by atoms with Crippen molar-refractivity contribution < 1.29 is 45.4 Å².